The molecule has 9 heteroatoms. The molecule has 1 unspecified atom stereocenters. The molecular weight excluding hydrogens is 529 g/mol. The van der Waals surface area contributed by atoms with Crippen molar-refractivity contribution in [2.75, 3.05) is 19.8 Å². The van der Waals surface area contributed by atoms with Gasteiger partial charge >= 0.3 is 13.2 Å². The number of ether oxygens (including phenoxy) is 2. The van der Waals surface area contributed by atoms with E-state index < -0.39 is 23.9 Å². The van der Waals surface area contributed by atoms with E-state index in [2.05, 4.69) is 69.1 Å². The number of carbonyl (C=O) groups is 1. The van der Waals surface area contributed by atoms with Crippen LogP contribution in [0.25, 0.3) is 22.4 Å². The van der Waals surface area contributed by atoms with Crippen LogP contribution in [0.15, 0.2) is 42.6 Å². The highest BCUT2D eigenvalue weighted by molar-refractivity contribution is 6.62. The molecule has 4 heterocycles. The van der Waals surface area contributed by atoms with Crippen molar-refractivity contribution in [2.24, 2.45) is 0 Å². The number of fused-ring (bicyclic) bond motifs is 5. The molecule has 220 valence electrons. The van der Waals surface area contributed by atoms with Crippen LogP contribution in [0, 0.1) is 0 Å². The molecule has 42 heavy (non-hydrogen) atoms. The van der Waals surface area contributed by atoms with Crippen molar-refractivity contribution in [1.29, 1.82) is 0 Å². The van der Waals surface area contributed by atoms with Crippen LogP contribution in [0.5, 0.6) is 0 Å². The normalized spacial score (nSPS) is 23.2. The van der Waals surface area contributed by atoms with Gasteiger partial charge in [-0.2, -0.15) is 0 Å². The minimum atomic E-state index is -0.535. The van der Waals surface area contributed by atoms with Crippen molar-refractivity contribution < 1.29 is 23.6 Å². The van der Waals surface area contributed by atoms with Crippen LogP contribution in [0.1, 0.15) is 84.3 Å². The third-order valence-electron chi connectivity index (χ3n) is 9.71. The maximum Gasteiger partial charge on any atom is 0.494 e. The summed E-state index contributed by atoms with van der Waals surface area (Å²) in [4.78, 5) is 22.9. The minimum Gasteiger partial charge on any atom is -0.444 e. The number of benzene rings is 2. The van der Waals surface area contributed by atoms with E-state index in [0.29, 0.717) is 19.8 Å². The summed E-state index contributed by atoms with van der Waals surface area (Å²) < 4.78 is 24.3. The lowest BCUT2D eigenvalue weighted by atomic mass is 9.72. The van der Waals surface area contributed by atoms with Gasteiger partial charge in [0.1, 0.15) is 11.4 Å². The molecule has 3 fully saturated rings. The van der Waals surface area contributed by atoms with Crippen LogP contribution in [-0.4, -0.2) is 64.6 Å². The average Bonchev–Trinajstić information content (AvgIpc) is 3.64. The molecule has 1 N–H and O–H groups in total. The number of H-pyrrole nitrogens is 1. The highest BCUT2D eigenvalue weighted by Gasteiger charge is 2.53. The number of aromatic amines is 1. The second-order valence-electron chi connectivity index (χ2n) is 14.2. The maximum absolute atomic E-state index is 12.9. The number of aromatic nitrogens is 2. The van der Waals surface area contributed by atoms with E-state index in [-0.39, 0.29) is 17.6 Å². The molecule has 1 aliphatic carbocycles. The maximum atomic E-state index is 12.9. The van der Waals surface area contributed by atoms with E-state index in [9.17, 15) is 4.79 Å². The summed E-state index contributed by atoms with van der Waals surface area (Å²) in [5.41, 5.74) is 6.57. The van der Waals surface area contributed by atoms with Crippen LogP contribution < -0.4 is 5.46 Å². The Balaban J connectivity index is 1.18. The molecule has 2 aromatic carbocycles. The molecule has 0 saturated carbocycles. The van der Waals surface area contributed by atoms with E-state index in [0.717, 1.165) is 35.4 Å². The first-order valence-electron chi connectivity index (χ1n) is 15.1. The number of nitrogens with one attached hydrogen (secondary N) is 1. The quantitative estimate of drug-likeness (QED) is 0.405. The smallest absolute Gasteiger partial charge is 0.444 e. The summed E-state index contributed by atoms with van der Waals surface area (Å²) in [7, 11) is -0.406. The predicted molar refractivity (Wildman–Crippen MR) is 162 cm³/mol. The second kappa shape index (κ2) is 9.18. The van der Waals surface area contributed by atoms with Crippen molar-refractivity contribution in [2.45, 2.75) is 89.6 Å². The number of carbonyl (C=O) groups excluding carboxylic acids is 1. The lowest BCUT2D eigenvalue weighted by molar-refractivity contribution is -0.0357. The molecule has 7 rings (SSSR count). The first-order valence-corrected chi connectivity index (χ1v) is 15.1. The topological polar surface area (TPSA) is 85.9 Å². The zero-order valence-electron chi connectivity index (χ0n) is 25.7. The van der Waals surface area contributed by atoms with Gasteiger partial charge in [-0.05, 0) is 101 Å². The third kappa shape index (κ3) is 4.23. The molecule has 1 spiro atoms. The summed E-state index contributed by atoms with van der Waals surface area (Å²) in [6.07, 6.45) is 3.38. The first-order chi connectivity index (χ1) is 19.8. The number of hydrogen-bond acceptors (Lipinski definition) is 6. The molecule has 1 atom stereocenters. The van der Waals surface area contributed by atoms with Gasteiger partial charge in [-0.1, -0.05) is 30.3 Å². The van der Waals surface area contributed by atoms with Crippen LogP contribution in [-0.2, 0) is 24.2 Å². The van der Waals surface area contributed by atoms with Gasteiger partial charge in [0.15, 0.2) is 0 Å². The van der Waals surface area contributed by atoms with Gasteiger partial charge in [-0.25, -0.2) is 9.78 Å². The fourth-order valence-corrected chi connectivity index (χ4v) is 6.67. The van der Waals surface area contributed by atoms with Crippen LogP contribution in [0.2, 0.25) is 0 Å². The number of nitrogens with zero attached hydrogens (tertiary/aromatic N) is 2. The zero-order valence-corrected chi connectivity index (χ0v) is 25.7. The zero-order chi connectivity index (χ0) is 29.7. The van der Waals surface area contributed by atoms with Crippen molar-refractivity contribution in [3.8, 4) is 22.4 Å². The molecule has 3 saturated heterocycles. The van der Waals surface area contributed by atoms with Gasteiger partial charge in [0, 0.05) is 6.54 Å². The van der Waals surface area contributed by atoms with Gasteiger partial charge in [-0.3, -0.25) is 4.90 Å². The lowest BCUT2D eigenvalue weighted by Gasteiger charge is -2.40. The Labute approximate surface area is 248 Å². The Hall–Kier alpha value is -3.14. The Morgan fingerprint density at radius 3 is 2.33 bits per heavy atom. The second-order valence-corrected chi connectivity index (χ2v) is 14.2. The predicted octanol–water partition coefficient (Wildman–Crippen LogP) is 5.74. The molecular formula is C33H40BN3O5. The number of imidazole rings is 1. The van der Waals surface area contributed by atoms with E-state index >= 15 is 0 Å². The van der Waals surface area contributed by atoms with E-state index in [1.807, 2.05) is 27.0 Å². The molecule has 3 aliphatic heterocycles. The first kappa shape index (κ1) is 27.7. The number of rotatable bonds is 3. The summed E-state index contributed by atoms with van der Waals surface area (Å²) in [5.74, 6) is 0.797. The minimum absolute atomic E-state index is 0.118. The van der Waals surface area contributed by atoms with Crippen molar-refractivity contribution in [1.82, 2.24) is 14.9 Å². The van der Waals surface area contributed by atoms with Crippen molar-refractivity contribution in [3.05, 3.63) is 59.5 Å². The van der Waals surface area contributed by atoms with E-state index in [4.69, 9.17) is 23.8 Å². The highest BCUT2D eigenvalue weighted by atomic mass is 16.7. The fraction of sp³-hybridized carbons (Fsp3) is 0.515. The third-order valence-corrected chi connectivity index (χ3v) is 9.71. The van der Waals surface area contributed by atoms with Crippen molar-refractivity contribution in [3.63, 3.8) is 0 Å². The number of hydrogen-bond donors (Lipinski definition) is 1. The van der Waals surface area contributed by atoms with Crippen LogP contribution in [0.4, 0.5) is 4.79 Å². The largest absolute Gasteiger partial charge is 0.494 e. The molecule has 4 aliphatic rings. The van der Waals surface area contributed by atoms with Crippen molar-refractivity contribution >= 4 is 18.7 Å². The number of amides is 1. The van der Waals surface area contributed by atoms with Crippen LogP contribution in [0.3, 0.4) is 0 Å². The van der Waals surface area contributed by atoms with Gasteiger partial charge in [-0.15, -0.1) is 0 Å². The SMILES string of the molecule is CC(C)(C)OC(=O)N1CCCC1c1ncc(-c2ccc3c(c2)C2(COC2)c2cc(B4OC(C)(C)C(C)(C)O4)ccc2-3)[nH]1. The lowest BCUT2D eigenvalue weighted by Crippen LogP contribution is -2.47. The van der Waals surface area contributed by atoms with Gasteiger partial charge in [0.05, 0.1) is 47.8 Å². The van der Waals surface area contributed by atoms with Crippen LogP contribution >= 0.6 is 0 Å². The summed E-state index contributed by atoms with van der Waals surface area (Å²) in [5, 5.41) is 0. The Morgan fingerprint density at radius 1 is 1.02 bits per heavy atom. The molecule has 1 aromatic heterocycles. The average molecular weight is 570 g/mol. The Kier molecular flexibility index (Phi) is 6.05. The summed E-state index contributed by atoms with van der Waals surface area (Å²) in [6.45, 7) is 16.0. The van der Waals surface area contributed by atoms with E-state index in [1.165, 1.54) is 22.3 Å². The molecule has 0 bridgehead atoms. The monoisotopic (exact) mass is 569 g/mol. The standard InChI is InChI=1S/C33H40BN3O5/c1-30(2,3)40-29(38)37-14-8-9-27(37)28-35-17-26(36-28)20-10-12-22-23-13-11-21(34-41-31(4,5)32(6,7)42-34)16-25(23)33(18-39-19-33)24(22)15-20/h10-13,15-17,27H,8-9,14,18-19H2,1-7H3,(H,35,36). The highest BCUT2D eigenvalue weighted by Crippen LogP contribution is 2.53. The molecule has 1 amide bonds. The van der Waals surface area contributed by atoms with Gasteiger partial charge in [0.2, 0.25) is 0 Å². The van der Waals surface area contributed by atoms with Gasteiger partial charge < -0.3 is 23.8 Å². The van der Waals surface area contributed by atoms with Gasteiger partial charge in [0.25, 0.3) is 0 Å². The molecule has 3 aromatic rings. The molecule has 8 nitrogen and oxygen atoms in total. The summed E-state index contributed by atoms with van der Waals surface area (Å²) >= 11 is 0. The summed E-state index contributed by atoms with van der Waals surface area (Å²) in [6, 6.07) is 13.1. The van der Waals surface area contributed by atoms with E-state index in [1.54, 1.807) is 4.90 Å². The fourth-order valence-electron chi connectivity index (χ4n) is 6.67. The molecule has 0 radical (unpaired) electrons. The Morgan fingerprint density at radius 2 is 1.69 bits per heavy atom. The Bertz CT molecular complexity index is 1550. The number of likely N-dealkylation sites (tertiary alicyclic amines) is 1.